The van der Waals surface area contributed by atoms with Gasteiger partial charge in [-0.3, -0.25) is 14.8 Å². The second-order valence-electron chi connectivity index (χ2n) is 7.68. The molecule has 8 nitrogen and oxygen atoms in total. The molecule has 2 aliphatic rings. The van der Waals surface area contributed by atoms with Crippen LogP contribution in [-0.2, 0) is 16.1 Å². The van der Waals surface area contributed by atoms with Crippen molar-refractivity contribution in [3.63, 3.8) is 0 Å². The Kier molecular flexibility index (Phi) is 7.65. The van der Waals surface area contributed by atoms with Crippen LogP contribution in [0.5, 0.6) is 0 Å². The molecule has 1 atom stereocenters. The van der Waals surface area contributed by atoms with Crippen molar-refractivity contribution in [3.8, 4) is 0 Å². The van der Waals surface area contributed by atoms with E-state index in [2.05, 4.69) is 15.3 Å². The van der Waals surface area contributed by atoms with Gasteiger partial charge in [0.05, 0.1) is 24.9 Å². The first-order valence-electron chi connectivity index (χ1n) is 10.0. The Morgan fingerprint density at radius 1 is 1.45 bits per heavy atom. The lowest BCUT2D eigenvalue weighted by atomic mass is 9.92. The number of aromatic nitrogens is 2. The highest BCUT2D eigenvalue weighted by Gasteiger charge is 2.28. The van der Waals surface area contributed by atoms with Crippen LogP contribution >= 0.6 is 11.8 Å². The van der Waals surface area contributed by atoms with Crippen molar-refractivity contribution in [2.45, 2.75) is 45.6 Å². The lowest BCUT2D eigenvalue weighted by Crippen LogP contribution is -2.38. The van der Waals surface area contributed by atoms with Crippen LogP contribution in [0.4, 0.5) is 10.2 Å². The van der Waals surface area contributed by atoms with Gasteiger partial charge in [-0.1, -0.05) is 25.7 Å². The number of thioether (sulfide) groups is 1. The molecular formula is C19H28FN5O3S. The Hall–Kier alpha value is -1.94. The van der Waals surface area contributed by atoms with E-state index in [1.165, 1.54) is 0 Å². The lowest BCUT2D eigenvalue weighted by Gasteiger charge is -2.22. The van der Waals surface area contributed by atoms with E-state index >= 15 is 0 Å². The van der Waals surface area contributed by atoms with Crippen molar-refractivity contribution >= 4 is 29.9 Å². The van der Waals surface area contributed by atoms with E-state index in [9.17, 15) is 19.2 Å². The van der Waals surface area contributed by atoms with Gasteiger partial charge in [0, 0.05) is 12.3 Å². The van der Waals surface area contributed by atoms with Gasteiger partial charge in [-0.05, 0) is 19.3 Å². The highest BCUT2D eigenvalue weighted by Crippen LogP contribution is 2.31. The summed E-state index contributed by atoms with van der Waals surface area (Å²) in [7, 11) is 0. The fourth-order valence-corrected chi connectivity index (χ4v) is 4.96. The molecule has 29 heavy (non-hydrogen) atoms. The van der Waals surface area contributed by atoms with Crippen LogP contribution in [0.1, 0.15) is 43.6 Å². The number of carbonyl (C=O) groups excluding carboxylic acids is 2. The van der Waals surface area contributed by atoms with Crippen LogP contribution in [0.3, 0.4) is 0 Å². The summed E-state index contributed by atoms with van der Waals surface area (Å²) in [6, 6.07) is 0. The number of hydroxylamine groups is 2. The molecule has 1 aromatic rings. The normalized spacial score (nSPS) is 18.1. The predicted molar refractivity (Wildman–Crippen MR) is 108 cm³/mol. The zero-order valence-corrected chi connectivity index (χ0v) is 17.5. The van der Waals surface area contributed by atoms with Crippen LogP contribution in [0.15, 0.2) is 0 Å². The van der Waals surface area contributed by atoms with Crippen molar-refractivity contribution in [2.75, 3.05) is 29.6 Å². The maximum absolute atomic E-state index is 14.9. The average molecular weight is 426 g/mol. The molecule has 0 radical (unpaired) electrons. The van der Waals surface area contributed by atoms with Crippen molar-refractivity contribution in [2.24, 2.45) is 11.8 Å². The minimum Gasteiger partial charge on any atom is -0.350 e. The molecule has 1 saturated carbocycles. The molecule has 3 rings (SSSR count). The second kappa shape index (κ2) is 10.2. The Morgan fingerprint density at radius 3 is 2.86 bits per heavy atom. The Bertz CT molecular complexity index is 726. The quantitative estimate of drug-likeness (QED) is 0.355. The SMILES string of the molecule is Cc1nc(CNC(=O)[C@H](CC2CCCC2)CN(O)C=O)c(F)c(N2CCSC2)n1. The molecule has 160 valence electrons. The van der Waals surface area contributed by atoms with E-state index in [1.54, 1.807) is 18.7 Å². The van der Waals surface area contributed by atoms with E-state index in [0.717, 1.165) is 38.0 Å². The van der Waals surface area contributed by atoms with Crippen molar-refractivity contribution < 1.29 is 19.2 Å². The molecule has 0 aromatic carbocycles. The lowest BCUT2D eigenvalue weighted by molar-refractivity contribution is -0.155. The Balaban J connectivity index is 1.67. The van der Waals surface area contributed by atoms with E-state index < -0.39 is 11.7 Å². The number of carbonyl (C=O) groups is 2. The van der Waals surface area contributed by atoms with Crippen LogP contribution in [0.25, 0.3) is 0 Å². The number of nitrogens with zero attached hydrogens (tertiary/aromatic N) is 4. The van der Waals surface area contributed by atoms with Gasteiger partial charge in [-0.15, -0.1) is 11.8 Å². The van der Waals surface area contributed by atoms with E-state index in [1.807, 2.05) is 4.90 Å². The zero-order valence-electron chi connectivity index (χ0n) is 16.6. The highest BCUT2D eigenvalue weighted by atomic mass is 32.2. The zero-order chi connectivity index (χ0) is 20.8. The topological polar surface area (TPSA) is 98.7 Å². The fraction of sp³-hybridized carbons (Fsp3) is 0.684. The molecule has 0 unspecified atom stereocenters. The number of halogens is 1. The maximum Gasteiger partial charge on any atom is 0.233 e. The van der Waals surface area contributed by atoms with E-state index in [4.69, 9.17) is 0 Å². The molecule has 2 fully saturated rings. The minimum absolute atomic E-state index is 0.0598. The van der Waals surface area contributed by atoms with E-state index in [-0.39, 0.29) is 30.5 Å². The van der Waals surface area contributed by atoms with Crippen LogP contribution in [-0.4, -0.2) is 57.3 Å². The average Bonchev–Trinajstić information content (AvgIpc) is 3.41. The smallest absolute Gasteiger partial charge is 0.233 e. The molecule has 10 heteroatoms. The minimum atomic E-state index is -0.547. The number of anilines is 1. The molecule has 1 aliphatic carbocycles. The van der Waals surface area contributed by atoms with Gasteiger partial charge >= 0.3 is 0 Å². The van der Waals surface area contributed by atoms with Gasteiger partial charge in [0.2, 0.25) is 12.3 Å². The standard InChI is InChI=1S/C19H28FN5O3S/c1-13-22-16(17(20)18(23-13)24-6-7-29-12-24)9-21-19(27)15(10-25(28)11-26)8-14-4-2-3-5-14/h11,14-15,28H,2-10,12H2,1H3,(H,21,27)/t15-/m1/s1. The van der Waals surface area contributed by atoms with Gasteiger partial charge in [0.25, 0.3) is 0 Å². The molecule has 2 heterocycles. The summed E-state index contributed by atoms with van der Waals surface area (Å²) >= 11 is 1.71. The first-order chi connectivity index (χ1) is 14.0. The molecule has 1 saturated heterocycles. The first kappa shape index (κ1) is 21.8. The van der Waals surface area contributed by atoms with Crippen molar-refractivity contribution in [1.29, 1.82) is 0 Å². The summed E-state index contributed by atoms with van der Waals surface area (Å²) in [6.45, 7) is 2.29. The molecule has 1 aliphatic heterocycles. The summed E-state index contributed by atoms with van der Waals surface area (Å²) in [5, 5.41) is 12.8. The third-order valence-electron chi connectivity index (χ3n) is 5.49. The number of amides is 2. The van der Waals surface area contributed by atoms with Gasteiger partial charge < -0.3 is 10.2 Å². The van der Waals surface area contributed by atoms with Gasteiger partial charge in [-0.2, -0.15) is 0 Å². The molecule has 2 N–H and O–H groups in total. The van der Waals surface area contributed by atoms with Crippen LogP contribution in [0.2, 0.25) is 0 Å². The van der Waals surface area contributed by atoms with Gasteiger partial charge in [-0.25, -0.2) is 19.4 Å². The number of hydrogen-bond donors (Lipinski definition) is 2. The largest absolute Gasteiger partial charge is 0.350 e. The molecular weight excluding hydrogens is 397 g/mol. The molecule has 2 amide bonds. The second-order valence-corrected chi connectivity index (χ2v) is 8.76. The molecule has 1 aromatic heterocycles. The summed E-state index contributed by atoms with van der Waals surface area (Å²) in [5.74, 6) is 1.36. The third-order valence-corrected chi connectivity index (χ3v) is 6.45. The predicted octanol–water partition coefficient (Wildman–Crippen LogP) is 2.10. The number of aryl methyl sites for hydroxylation is 1. The number of nitrogens with one attached hydrogen (secondary N) is 1. The van der Waals surface area contributed by atoms with Crippen molar-refractivity contribution in [1.82, 2.24) is 20.3 Å². The Labute approximate surface area is 174 Å². The van der Waals surface area contributed by atoms with E-state index in [0.29, 0.717) is 35.5 Å². The summed E-state index contributed by atoms with van der Waals surface area (Å²) < 4.78 is 14.9. The van der Waals surface area contributed by atoms with Crippen LogP contribution in [0, 0.1) is 24.6 Å². The third kappa shape index (κ3) is 5.79. The number of rotatable bonds is 9. The maximum atomic E-state index is 14.9. The highest BCUT2D eigenvalue weighted by molar-refractivity contribution is 7.99. The molecule has 0 spiro atoms. The summed E-state index contributed by atoms with van der Waals surface area (Å²) in [4.78, 5) is 33.8. The summed E-state index contributed by atoms with van der Waals surface area (Å²) in [5.41, 5.74) is 0.147. The Morgan fingerprint density at radius 2 is 2.21 bits per heavy atom. The molecule has 0 bridgehead atoms. The van der Waals surface area contributed by atoms with Gasteiger partial charge in [0.1, 0.15) is 11.5 Å². The van der Waals surface area contributed by atoms with Crippen LogP contribution < -0.4 is 10.2 Å². The first-order valence-corrected chi connectivity index (χ1v) is 11.2. The monoisotopic (exact) mass is 425 g/mol. The number of hydrogen-bond acceptors (Lipinski definition) is 7. The fourth-order valence-electron chi connectivity index (χ4n) is 4.01. The van der Waals surface area contributed by atoms with Gasteiger partial charge in [0.15, 0.2) is 11.6 Å². The summed E-state index contributed by atoms with van der Waals surface area (Å²) in [6.07, 6.45) is 5.26. The van der Waals surface area contributed by atoms with Crippen molar-refractivity contribution in [3.05, 3.63) is 17.3 Å².